The van der Waals surface area contributed by atoms with Gasteiger partial charge in [-0.25, -0.2) is 0 Å². The van der Waals surface area contributed by atoms with E-state index in [9.17, 15) is 4.79 Å². The molecule has 2 rings (SSSR count). The van der Waals surface area contributed by atoms with Crippen LogP contribution in [0.5, 0.6) is 0 Å². The van der Waals surface area contributed by atoms with Crippen molar-refractivity contribution in [2.75, 3.05) is 13.2 Å². The highest BCUT2D eigenvalue weighted by Crippen LogP contribution is 2.38. The summed E-state index contributed by atoms with van der Waals surface area (Å²) in [6, 6.07) is 0. The Labute approximate surface area is 172 Å². The number of hydrogen-bond donors (Lipinski definition) is 0. The molecular formula is C24H42O4. The van der Waals surface area contributed by atoms with Crippen molar-refractivity contribution in [1.82, 2.24) is 0 Å². The van der Waals surface area contributed by atoms with Crippen LogP contribution in [-0.4, -0.2) is 31.1 Å². The summed E-state index contributed by atoms with van der Waals surface area (Å²) in [5.41, 5.74) is 0. The summed E-state index contributed by atoms with van der Waals surface area (Å²) in [4.78, 5) is 11.9. The molecule has 2 aliphatic rings. The highest BCUT2D eigenvalue weighted by molar-refractivity contribution is 5.78. The lowest BCUT2D eigenvalue weighted by atomic mass is 9.86. The monoisotopic (exact) mass is 394 g/mol. The summed E-state index contributed by atoms with van der Waals surface area (Å²) in [5.74, 6) is -0.624. The first-order valence-corrected chi connectivity index (χ1v) is 11.8. The number of carbonyl (C=O) groups is 1. The maximum absolute atomic E-state index is 11.9. The van der Waals surface area contributed by atoms with Crippen molar-refractivity contribution in [3.8, 4) is 0 Å². The molecule has 0 bridgehead atoms. The van der Waals surface area contributed by atoms with Gasteiger partial charge < -0.3 is 14.2 Å². The van der Waals surface area contributed by atoms with Gasteiger partial charge in [0.15, 0.2) is 5.79 Å². The van der Waals surface area contributed by atoms with Crippen molar-refractivity contribution in [2.24, 2.45) is 5.92 Å². The van der Waals surface area contributed by atoms with Crippen molar-refractivity contribution >= 4 is 5.97 Å². The van der Waals surface area contributed by atoms with Gasteiger partial charge in [-0.05, 0) is 19.3 Å². The fraction of sp³-hybridized carbons (Fsp3) is 0.875. The summed E-state index contributed by atoms with van der Waals surface area (Å²) >= 11 is 0. The average Bonchev–Trinajstić information content (AvgIpc) is 3.15. The molecule has 2 atom stereocenters. The van der Waals surface area contributed by atoms with Gasteiger partial charge in [-0.15, -0.1) is 0 Å². The second-order valence-corrected chi connectivity index (χ2v) is 8.47. The number of cyclic esters (lactones) is 1. The highest BCUT2D eigenvalue weighted by atomic mass is 16.7. The first-order chi connectivity index (χ1) is 13.7. The Balaban J connectivity index is 1.66. The molecule has 0 aliphatic carbocycles. The summed E-state index contributed by atoms with van der Waals surface area (Å²) < 4.78 is 17.5. The molecule has 4 nitrogen and oxygen atoms in total. The maximum atomic E-state index is 11.9. The van der Waals surface area contributed by atoms with Crippen LogP contribution in [0.4, 0.5) is 0 Å². The molecule has 0 spiro atoms. The van der Waals surface area contributed by atoms with E-state index in [0.29, 0.717) is 19.6 Å². The minimum Gasteiger partial charge on any atom is -0.461 e. The lowest BCUT2D eigenvalue weighted by molar-refractivity contribution is -0.219. The standard InChI is InChI=1S/C24H42O4/c1-3-5-7-9-10-11-12-13-15-17-24(26-18-19-27-24)20-22-21(23(25)28-22)16-14-8-6-4-2/h8,14,21-22H,3-7,9-13,15-20H2,1-2H3/t21-,22-/m0/s1. The summed E-state index contributed by atoms with van der Waals surface area (Å²) in [7, 11) is 0. The number of ether oxygens (including phenoxy) is 3. The summed E-state index contributed by atoms with van der Waals surface area (Å²) in [6.07, 6.45) is 20.6. The SMILES string of the molecule is CCCC=CC[C@@H]1C(=O)O[C@H]1CC1(CCCCCCCCCCC)OCCO1. The molecule has 0 saturated carbocycles. The molecule has 0 unspecified atom stereocenters. The average molecular weight is 395 g/mol. The van der Waals surface area contributed by atoms with Gasteiger partial charge >= 0.3 is 5.97 Å². The summed E-state index contributed by atoms with van der Waals surface area (Å²) in [6.45, 7) is 5.73. The van der Waals surface area contributed by atoms with Gasteiger partial charge in [-0.3, -0.25) is 4.79 Å². The van der Waals surface area contributed by atoms with E-state index in [2.05, 4.69) is 26.0 Å². The minimum atomic E-state index is -0.530. The summed E-state index contributed by atoms with van der Waals surface area (Å²) in [5, 5.41) is 0. The van der Waals surface area contributed by atoms with Crippen LogP contribution in [0.3, 0.4) is 0 Å². The molecular weight excluding hydrogens is 352 g/mol. The van der Waals surface area contributed by atoms with Gasteiger partial charge in [-0.2, -0.15) is 0 Å². The number of esters is 1. The third-order valence-corrected chi connectivity index (χ3v) is 6.02. The van der Waals surface area contributed by atoms with Gasteiger partial charge in [0.2, 0.25) is 0 Å². The molecule has 2 fully saturated rings. The molecule has 0 aromatic rings. The van der Waals surface area contributed by atoms with Crippen LogP contribution in [0.25, 0.3) is 0 Å². The fourth-order valence-electron chi connectivity index (χ4n) is 4.23. The number of unbranched alkanes of at least 4 members (excludes halogenated alkanes) is 9. The zero-order chi connectivity index (χ0) is 20.1. The first kappa shape index (κ1) is 23.4. The Morgan fingerprint density at radius 3 is 2.14 bits per heavy atom. The molecule has 0 radical (unpaired) electrons. The molecule has 0 aromatic heterocycles. The maximum Gasteiger partial charge on any atom is 0.313 e. The quantitative estimate of drug-likeness (QED) is 0.174. The van der Waals surface area contributed by atoms with Gasteiger partial charge in [0.05, 0.1) is 19.1 Å². The van der Waals surface area contributed by atoms with E-state index in [1.165, 1.54) is 51.4 Å². The lowest BCUT2D eigenvalue weighted by Gasteiger charge is -2.39. The van der Waals surface area contributed by atoms with Gasteiger partial charge in [0.1, 0.15) is 6.10 Å². The van der Waals surface area contributed by atoms with E-state index in [1.54, 1.807) is 0 Å². The van der Waals surface area contributed by atoms with Crippen LogP contribution >= 0.6 is 0 Å². The zero-order valence-electron chi connectivity index (χ0n) is 18.3. The second kappa shape index (κ2) is 13.4. The molecule has 0 N–H and O–H groups in total. The third kappa shape index (κ3) is 7.87. The van der Waals surface area contributed by atoms with E-state index in [4.69, 9.17) is 14.2 Å². The van der Waals surface area contributed by atoms with Crippen LogP contribution in [-0.2, 0) is 19.0 Å². The van der Waals surface area contributed by atoms with Crippen LogP contribution in [0, 0.1) is 5.92 Å². The number of hydrogen-bond acceptors (Lipinski definition) is 4. The Morgan fingerprint density at radius 2 is 1.54 bits per heavy atom. The van der Waals surface area contributed by atoms with Crippen molar-refractivity contribution in [2.45, 2.75) is 116 Å². The predicted molar refractivity (Wildman–Crippen MR) is 113 cm³/mol. The molecule has 162 valence electrons. The number of rotatable bonds is 16. The smallest absolute Gasteiger partial charge is 0.313 e. The minimum absolute atomic E-state index is 0.0269. The highest BCUT2D eigenvalue weighted by Gasteiger charge is 2.48. The van der Waals surface area contributed by atoms with Crippen LogP contribution in [0.15, 0.2) is 12.2 Å². The van der Waals surface area contributed by atoms with Crippen molar-refractivity contribution < 1.29 is 19.0 Å². The molecule has 2 aliphatic heterocycles. The topological polar surface area (TPSA) is 44.8 Å². The molecule has 2 heterocycles. The van der Waals surface area contributed by atoms with Crippen molar-refractivity contribution in [3.63, 3.8) is 0 Å². The lowest BCUT2D eigenvalue weighted by Crippen LogP contribution is -2.50. The fourth-order valence-corrected chi connectivity index (χ4v) is 4.23. The van der Waals surface area contributed by atoms with E-state index >= 15 is 0 Å². The number of carbonyl (C=O) groups excluding carboxylic acids is 1. The predicted octanol–water partition coefficient (Wildman–Crippen LogP) is 6.33. The Morgan fingerprint density at radius 1 is 0.893 bits per heavy atom. The van der Waals surface area contributed by atoms with Crippen LogP contribution < -0.4 is 0 Å². The Kier molecular flexibility index (Phi) is 11.2. The van der Waals surface area contributed by atoms with E-state index in [0.717, 1.165) is 32.1 Å². The van der Waals surface area contributed by atoms with Crippen molar-refractivity contribution in [1.29, 1.82) is 0 Å². The van der Waals surface area contributed by atoms with Crippen molar-refractivity contribution in [3.05, 3.63) is 12.2 Å². The van der Waals surface area contributed by atoms with Gasteiger partial charge in [-0.1, -0.05) is 83.8 Å². The van der Waals surface area contributed by atoms with E-state index in [-0.39, 0.29) is 18.0 Å². The number of allylic oxidation sites excluding steroid dienone is 2. The Hall–Kier alpha value is -0.870. The second-order valence-electron chi connectivity index (χ2n) is 8.47. The van der Waals surface area contributed by atoms with Gasteiger partial charge in [0, 0.05) is 12.8 Å². The normalized spacial score (nSPS) is 23.9. The van der Waals surface area contributed by atoms with Crippen LogP contribution in [0.2, 0.25) is 0 Å². The molecule has 2 saturated heterocycles. The molecule has 0 aromatic carbocycles. The van der Waals surface area contributed by atoms with Crippen LogP contribution in [0.1, 0.15) is 104 Å². The van der Waals surface area contributed by atoms with E-state index < -0.39 is 5.79 Å². The van der Waals surface area contributed by atoms with Gasteiger partial charge in [0.25, 0.3) is 0 Å². The third-order valence-electron chi connectivity index (χ3n) is 6.02. The van der Waals surface area contributed by atoms with E-state index in [1.807, 2.05) is 0 Å². The molecule has 0 amide bonds. The Bertz CT molecular complexity index is 454. The molecule has 28 heavy (non-hydrogen) atoms. The molecule has 4 heteroatoms. The largest absolute Gasteiger partial charge is 0.461 e. The first-order valence-electron chi connectivity index (χ1n) is 11.8. The zero-order valence-corrected chi connectivity index (χ0v) is 18.3.